The van der Waals surface area contributed by atoms with Crippen molar-refractivity contribution in [1.29, 1.82) is 0 Å². The lowest BCUT2D eigenvalue weighted by molar-refractivity contribution is 0.0334. The van der Waals surface area contributed by atoms with E-state index in [0.29, 0.717) is 0 Å². The van der Waals surface area contributed by atoms with Crippen molar-refractivity contribution in [2.75, 3.05) is 0 Å². The first-order valence-corrected chi connectivity index (χ1v) is 5.42. The summed E-state index contributed by atoms with van der Waals surface area (Å²) in [6, 6.07) is 0. The Morgan fingerprint density at radius 1 is 1.25 bits per heavy atom. The average Bonchev–Trinajstić information content (AvgIpc) is 2.05. The third-order valence-electron chi connectivity index (χ3n) is 4.45. The van der Waals surface area contributed by atoms with E-state index >= 15 is 0 Å². The molecule has 1 heteroatoms. The Bertz CT molecular complexity index is 178. The van der Waals surface area contributed by atoms with Crippen LogP contribution >= 0.6 is 0 Å². The molecule has 0 aromatic carbocycles. The van der Waals surface area contributed by atoms with Crippen LogP contribution in [0.3, 0.4) is 0 Å². The molecule has 0 saturated heterocycles. The second kappa shape index (κ2) is 2.78. The Balaban J connectivity index is 2.08. The molecular formula is C11H19B. The van der Waals surface area contributed by atoms with E-state index < -0.39 is 0 Å². The van der Waals surface area contributed by atoms with Crippen LogP contribution in [0, 0.1) is 17.8 Å². The molecule has 0 spiro atoms. The van der Waals surface area contributed by atoms with Gasteiger partial charge >= 0.3 is 0 Å². The SMILES string of the molecule is [B]C12CCCCC(C)C(C1)C2C. The van der Waals surface area contributed by atoms with Gasteiger partial charge in [-0.1, -0.05) is 51.3 Å². The van der Waals surface area contributed by atoms with Gasteiger partial charge in [0, 0.05) is 0 Å². The maximum atomic E-state index is 6.32. The third kappa shape index (κ3) is 1.13. The molecule has 12 heavy (non-hydrogen) atoms. The fraction of sp³-hybridized carbons (Fsp3) is 1.00. The van der Waals surface area contributed by atoms with E-state index in [1.54, 1.807) is 0 Å². The summed E-state index contributed by atoms with van der Waals surface area (Å²) in [4.78, 5) is 0. The minimum Gasteiger partial charge on any atom is -0.0630 e. The largest absolute Gasteiger partial charge is 0.0750 e. The predicted molar refractivity (Wildman–Crippen MR) is 53.4 cm³/mol. The maximum Gasteiger partial charge on any atom is 0.0750 e. The van der Waals surface area contributed by atoms with Crippen LogP contribution in [0.2, 0.25) is 5.31 Å². The molecular weight excluding hydrogens is 143 g/mol. The molecule has 0 nitrogen and oxygen atoms in total. The van der Waals surface area contributed by atoms with Crippen molar-refractivity contribution in [2.24, 2.45) is 17.8 Å². The topological polar surface area (TPSA) is 0 Å². The molecule has 0 aromatic heterocycles. The number of hydrogen-bond acceptors (Lipinski definition) is 0. The fourth-order valence-corrected chi connectivity index (χ4v) is 3.23. The normalized spacial score (nSPS) is 53.7. The molecule has 2 radical (unpaired) electrons. The Morgan fingerprint density at radius 2 is 2.00 bits per heavy atom. The molecule has 2 bridgehead atoms. The summed E-state index contributed by atoms with van der Waals surface area (Å²) < 4.78 is 0. The minimum absolute atomic E-state index is 0.235. The van der Waals surface area contributed by atoms with E-state index in [1.807, 2.05) is 0 Å². The maximum absolute atomic E-state index is 6.32. The van der Waals surface area contributed by atoms with Crippen molar-refractivity contribution in [3.05, 3.63) is 0 Å². The minimum atomic E-state index is 0.235. The third-order valence-corrected chi connectivity index (χ3v) is 4.45. The van der Waals surface area contributed by atoms with Crippen LogP contribution in [0.25, 0.3) is 0 Å². The highest BCUT2D eigenvalue weighted by Gasteiger charge is 2.48. The van der Waals surface area contributed by atoms with Crippen LogP contribution in [0.15, 0.2) is 0 Å². The molecule has 66 valence electrons. The molecule has 3 saturated carbocycles. The van der Waals surface area contributed by atoms with Crippen LogP contribution in [0.4, 0.5) is 0 Å². The Kier molecular flexibility index (Phi) is 2.01. The number of fused-ring (bicyclic) bond motifs is 4. The zero-order chi connectivity index (χ0) is 8.77. The van der Waals surface area contributed by atoms with Crippen molar-refractivity contribution in [1.82, 2.24) is 0 Å². The molecule has 0 heterocycles. The van der Waals surface area contributed by atoms with Gasteiger partial charge in [0.15, 0.2) is 0 Å². The van der Waals surface area contributed by atoms with E-state index in [0.717, 1.165) is 17.8 Å². The average molecular weight is 162 g/mol. The standard InChI is InChI=1S/C11H19B/c1-8-5-3-4-6-11(12)7-10(8)9(11)2/h8-10H,3-7H2,1-2H3. The highest BCUT2D eigenvalue weighted by molar-refractivity contribution is 6.16. The first kappa shape index (κ1) is 8.65. The van der Waals surface area contributed by atoms with Crippen molar-refractivity contribution >= 4 is 7.85 Å². The molecule has 4 atom stereocenters. The summed E-state index contributed by atoms with van der Waals surface area (Å²) in [5, 5.41) is 0.235. The molecule has 3 aliphatic carbocycles. The lowest BCUT2D eigenvalue weighted by Gasteiger charge is -2.57. The Hall–Kier alpha value is 0.0649. The second-order valence-corrected chi connectivity index (χ2v) is 5.11. The van der Waals surface area contributed by atoms with E-state index in [4.69, 9.17) is 7.85 Å². The van der Waals surface area contributed by atoms with Crippen molar-refractivity contribution in [3.63, 3.8) is 0 Å². The predicted octanol–water partition coefficient (Wildman–Crippen LogP) is 3.18. The van der Waals surface area contributed by atoms with Gasteiger partial charge in [0.2, 0.25) is 0 Å². The molecule has 4 unspecified atom stereocenters. The van der Waals surface area contributed by atoms with Crippen molar-refractivity contribution in [3.8, 4) is 0 Å². The summed E-state index contributed by atoms with van der Waals surface area (Å²) in [6.45, 7) is 4.77. The molecule has 0 amide bonds. The lowest BCUT2D eigenvalue weighted by Crippen LogP contribution is -2.45. The second-order valence-electron chi connectivity index (χ2n) is 5.11. The summed E-state index contributed by atoms with van der Waals surface area (Å²) in [5.41, 5.74) is 0. The van der Waals surface area contributed by atoms with E-state index in [-0.39, 0.29) is 5.31 Å². The van der Waals surface area contributed by atoms with Crippen LogP contribution in [-0.4, -0.2) is 7.85 Å². The molecule has 3 aliphatic rings. The monoisotopic (exact) mass is 162 g/mol. The van der Waals surface area contributed by atoms with Gasteiger partial charge in [0.25, 0.3) is 0 Å². The highest BCUT2D eigenvalue weighted by atomic mass is 14.5. The first-order valence-electron chi connectivity index (χ1n) is 5.42. The van der Waals surface area contributed by atoms with E-state index in [9.17, 15) is 0 Å². The van der Waals surface area contributed by atoms with Crippen LogP contribution in [0.1, 0.15) is 46.0 Å². The van der Waals surface area contributed by atoms with E-state index in [1.165, 1.54) is 32.1 Å². The zero-order valence-electron chi connectivity index (χ0n) is 8.34. The summed E-state index contributed by atoms with van der Waals surface area (Å²) in [7, 11) is 6.32. The van der Waals surface area contributed by atoms with Gasteiger partial charge in [-0.2, -0.15) is 0 Å². The highest BCUT2D eigenvalue weighted by Crippen LogP contribution is 2.61. The molecule has 0 aromatic rings. The Labute approximate surface area is 77.5 Å². The summed E-state index contributed by atoms with van der Waals surface area (Å²) >= 11 is 0. The quantitative estimate of drug-likeness (QED) is 0.480. The van der Waals surface area contributed by atoms with Gasteiger partial charge in [-0.15, -0.1) is 0 Å². The molecule has 0 N–H and O–H groups in total. The zero-order valence-corrected chi connectivity index (χ0v) is 8.34. The van der Waals surface area contributed by atoms with Gasteiger partial charge < -0.3 is 0 Å². The number of rotatable bonds is 0. The van der Waals surface area contributed by atoms with Crippen molar-refractivity contribution < 1.29 is 0 Å². The van der Waals surface area contributed by atoms with Gasteiger partial charge in [-0.25, -0.2) is 0 Å². The Morgan fingerprint density at radius 3 is 2.67 bits per heavy atom. The molecule has 3 fully saturated rings. The summed E-state index contributed by atoms with van der Waals surface area (Å²) in [5.74, 6) is 2.65. The molecule has 3 rings (SSSR count). The fourth-order valence-electron chi connectivity index (χ4n) is 3.23. The first-order chi connectivity index (χ1) is 5.63. The number of hydrogen-bond donors (Lipinski definition) is 0. The van der Waals surface area contributed by atoms with Crippen LogP contribution < -0.4 is 0 Å². The lowest BCUT2D eigenvalue weighted by atomic mass is 9.40. The van der Waals surface area contributed by atoms with Gasteiger partial charge in [0.05, 0.1) is 7.85 Å². The summed E-state index contributed by atoms with van der Waals surface area (Å²) in [6.07, 6.45) is 6.78. The van der Waals surface area contributed by atoms with Crippen LogP contribution in [-0.2, 0) is 0 Å². The smallest absolute Gasteiger partial charge is 0.0630 e. The van der Waals surface area contributed by atoms with E-state index in [2.05, 4.69) is 13.8 Å². The van der Waals surface area contributed by atoms with Crippen molar-refractivity contribution in [2.45, 2.75) is 51.3 Å². The van der Waals surface area contributed by atoms with Crippen LogP contribution in [0.5, 0.6) is 0 Å². The van der Waals surface area contributed by atoms with Gasteiger partial charge in [-0.05, 0) is 17.8 Å². The van der Waals surface area contributed by atoms with Gasteiger partial charge in [-0.3, -0.25) is 0 Å². The van der Waals surface area contributed by atoms with Gasteiger partial charge in [0.1, 0.15) is 0 Å². The molecule has 0 aliphatic heterocycles.